The number of carbonyl (C=O) groups is 1. The summed E-state index contributed by atoms with van der Waals surface area (Å²) in [6.07, 6.45) is 2.56. The van der Waals surface area contributed by atoms with Crippen molar-refractivity contribution in [3.63, 3.8) is 0 Å². The number of nitrogens with one attached hydrogen (secondary N) is 1. The first-order chi connectivity index (χ1) is 12.6. The van der Waals surface area contributed by atoms with Crippen molar-refractivity contribution in [1.82, 2.24) is 20.4 Å². The molecule has 26 heavy (non-hydrogen) atoms. The number of nitrogens with zero attached hydrogens (tertiary/aromatic N) is 4. The summed E-state index contributed by atoms with van der Waals surface area (Å²) < 4.78 is 11.0. The Kier molecular flexibility index (Phi) is 4.46. The number of rotatable bonds is 4. The molecule has 1 aliphatic heterocycles. The largest absolute Gasteiger partial charge is 0.444 e. The second-order valence-corrected chi connectivity index (χ2v) is 6.84. The Morgan fingerprint density at radius 2 is 2.23 bits per heavy atom. The van der Waals surface area contributed by atoms with E-state index in [1.54, 1.807) is 25.3 Å². The number of anilines is 1. The number of pyridine rings is 1. The molecular weight excluding hydrogens is 402 g/mol. The Morgan fingerprint density at radius 3 is 2.88 bits per heavy atom. The fourth-order valence-electron chi connectivity index (χ4n) is 2.89. The van der Waals surface area contributed by atoms with Crippen molar-refractivity contribution in [2.24, 2.45) is 0 Å². The Hall–Kier alpha value is -2.68. The van der Waals surface area contributed by atoms with Gasteiger partial charge in [0.25, 0.3) is 11.8 Å². The highest BCUT2D eigenvalue weighted by molar-refractivity contribution is 9.10. The minimum absolute atomic E-state index is 0.0476. The quantitative estimate of drug-likeness (QED) is 0.696. The molecule has 1 saturated heterocycles. The Labute approximate surface area is 157 Å². The zero-order valence-corrected chi connectivity index (χ0v) is 15.6. The number of hydrogen-bond donors (Lipinski definition) is 1. The Balaban J connectivity index is 1.38. The van der Waals surface area contributed by atoms with Gasteiger partial charge in [0.05, 0.1) is 5.56 Å². The van der Waals surface area contributed by atoms with Gasteiger partial charge >= 0.3 is 0 Å². The van der Waals surface area contributed by atoms with Crippen molar-refractivity contribution < 1.29 is 13.7 Å². The molecule has 0 radical (unpaired) electrons. The van der Waals surface area contributed by atoms with Crippen LogP contribution in [0.4, 0.5) is 5.82 Å². The number of aromatic nitrogens is 3. The van der Waals surface area contributed by atoms with Crippen LogP contribution in [0.5, 0.6) is 0 Å². The Morgan fingerprint density at radius 1 is 1.35 bits per heavy atom. The standard InChI is InChI=1S/C17H16BrN5O3/c1-10-20-17(26-22-10)11-2-5-15(19-8-11)23-7-6-12(9-23)21-16(24)13-3-4-14(18)25-13/h2-5,8,12H,6-7,9H2,1H3,(H,21,24)/t12-/m0/s1. The van der Waals surface area contributed by atoms with Crippen LogP contribution in [-0.4, -0.2) is 40.2 Å². The molecule has 4 rings (SSSR count). The molecule has 1 atom stereocenters. The van der Waals surface area contributed by atoms with Gasteiger partial charge in [-0.05, 0) is 53.5 Å². The summed E-state index contributed by atoms with van der Waals surface area (Å²) in [4.78, 5) is 23.0. The third kappa shape index (κ3) is 3.48. The first-order valence-corrected chi connectivity index (χ1v) is 8.95. The van der Waals surface area contributed by atoms with Gasteiger partial charge in [-0.15, -0.1) is 0 Å². The summed E-state index contributed by atoms with van der Waals surface area (Å²) in [5.74, 6) is 1.98. The average Bonchev–Trinajstić information content (AvgIpc) is 3.36. The van der Waals surface area contributed by atoms with Crippen LogP contribution in [0.15, 0.2) is 44.1 Å². The van der Waals surface area contributed by atoms with Crippen molar-refractivity contribution in [1.29, 1.82) is 0 Å². The highest BCUT2D eigenvalue weighted by Gasteiger charge is 2.26. The maximum Gasteiger partial charge on any atom is 0.287 e. The highest BCUT2D eigenvalue weighted by Crippen LogP contribution is 2.22. The number of carbonyl (C=O) groups excluding carboxylic acids is 1. The van der Waals surface area contributed by atoms with Gasteiger partial charge in [0.1, 0.15) is 5.82 Å². The molecule has 134 valence electrons. The predicted molar refractivity (Wildman–Crippen MR) is 96.8 cm³/mol. The van der Waals surface area contributed by atoms with Gasteiger partial charge in [0.15, 0.2) is 16.3 Å². The van der Waals surface area contributed by atoms with E-state index in [1.807, 2.05) is 12.1 Å². The van der Waals surface area contributed by atoms with Crippen LogP contribution in [0.3, 0.4) is 0 Å². The molecule has 0 aliphatic carbocycles. The van der Waals surface area contributed by atoms with E-state index < -0.39 is 0 Å². The van der Waals surface area contributed by atoms with Gasteiger partial charge in [-0.25, -0.2) is 4.98 Å². The SMILES string of the molecule is Cc1noc(-c2ccc(N3CC[C@H](NC(=O)c4ccc(Br)o4)C3)nc2)n1. The summed E-state index contributed by atoms with van der Waals surface area (Å²) in [6.45, 7) is 3.29. The molecule has 0 spiro atoms. The van der Waals surface area contributed by atoms with Gasteiger partial charge in [0.2, 0.25) is 0 Å². The smallest absolute Gasteiger partial charge is 0.287 e. The fraction of sp³-hybridized carbons (Fsp3) is 0.294. The summed E-state index contributed by atoms with van der Waals surface area (Å²) in [6, 6.07) is 7.22. The van der Waals surface area contributed by atoms with Crippen LogP contribution in [0.25, 0.3) is 11.5 Å². The fourth-order valence-corrected chi connectivity index (χ4v) is 3.20. The molecule has 0 bridgehead atoms. The van der Waals surface area contributed by atoms with Gasteiger partial charge in [-0.2, -0.15) is 4.98 Å². The lowest BCUT2D eigenvalue weighted by atomic mass is 10.2. The first-order valence-electron chi connectivity index (χ1n) is 8.16. The molecule has 1 amide bonds. The van der Waals surface area contributed by atoms with Crippen LogP contribution in [-0.2, 0) is 0 Å². The molecule has 1 fully saturated rings. The van der Waals surface area contributed by atoms with Crippen molar-refractivity contribution >= 4 is 27.7 Å². The van der Waals surface area contributed by atoms with Gasteiger partial charge < -0.3 is 19.2 Å². The number of halogens is 1. The van der Waals surface area contributed by atoms with E-state index in [-0.39, 0.29) is 11.9 Å². The minimum Gasteiger partial charge on any atom is -0.444 e. The monoisotopic (exact) mass is 417 g/mol. The minimum atomic E-state index is -0.211. The van der Waals surface area contributed by atoms with Gasteiger partial charge in [-0.1, -0.05) is 5.16 Å². The van der Waals surface area contributed by atoms with Crippen LogP contribution in [0.1, 0.15) is 22.8 Å². The predicted octanol–water partition coefficient (Wildman–Crippen LogP) is 2.80. The molecule has 9 heteroatoms. The second-order valence-electron chi connectivity index (χ2n) is 6.06. The molecule has 3 aromatic heterocycles. The Bertz CT molecular complexity index is 921. The van der Waals surface area contributed by atoms with Crippen molar-refractivity contribution in [2.45, 2.75) is 19.4 Å². The molecular formula is C17H16BrN5O3. The maximum absolute atomic E-state index is 12.2. The molecule has 3 aromatic rings. The van der Waals surface area contributed by atoms with E-state index in [0.29, 0.717) is 28.7 Å². The van der Waals surface area contributed by atoms with E-state index in [0.717, 1.165) is 24.3 Å². The molecule has 0 saturated carbocycles. The highest BCUT2D eigenvalue weighted by atomic mass is 79.9. The summed E-state index contributed by atoms with van der Waals surface area (Å²) in [5, 5.41) is 6.77. The van der Waals surface area contributed by atoms with Crippen LogP contribution in [0, 0.1) is 6.92 Å². The van der Waals surface area contributed by atoms with E-state index in [1.165, 1.54) is 0 Å². The van der Waals surface area contributed by atoms with Crippen LogP contribution < -0.4 is 10.2 Å². The third-order valence-electron chi connectivity index (χ3n) is 4.17. The number of amides is 1. The third-order valence-corrected chi connectivity index (χ3v) is 4.59. The zero-order chi connectivity index (χ0) is 18.1. The van der Waals surface area contributed by atoms with E-state index in [9.17, 15) is 4.79 Å². The lowest BCUT2D eigenvalue weighted by Gasteiger charge is -2.17. The topological polar surface area (TPSA) is 97.3 Å². The van der Waals surface area contributed by atoms with Crippen LogP contribution in [0.2, 0.25) is 0 Å². The molecule has 0 unspecified atom stereocenters. The number of furan rings is 1. The van der Waals surface area contributed by atoms with Crippen molar-refractivity contribution in [3.8, 4) is 11.5 Å². The molecule has 1 aliphatic rings. The molecule has 4 heterocycles. The first kappa shape index (κ1) is 16.8. The lowest BCUT2D eigenvalue weighted by Crippen LogP contribution is -2.37. The molecule has 1 N–H and O–H groups in total. The van der Waals surface area contributed by atoms with Crippen molar-refractivity contribution in [2.75, 3.05) is 18.0 Å². The van der Waals surface area contributed by atoms with Crippen molar-refractivity contribution in [3.05, 3.63) is 46.7 Å². The second kappa shape index (κ2) is 6.91. The van der Waals surface area contributed by atoms with E-state index >= 15 is 0 Å². The average molecular weight is 418 g/mol. The van der Waals surface area contributed by atoms with Gasteiger partial charge in [0, 0.05) is 25.3 Å². The summed E-state index contributed by atoms with van der Waals surface area (Å²) in [7, 11) is 0. The lowest BCUT2D eigenvalue weighted by molar-refractivity contribution is 0.0911. The molecule has 0 aromatic carbocycles. The van der Waals surface area contributed by atoms with Gasteiger partial charge in [-0.3, -0.25) is 4.79 Å². The number of hydrogen-bond acceptors (Lipinski definition) is 7. The van der Waals surface area contributed by atoms with Crippen LogP contribution >= 0.6 is 15.9 Å². The van der Waals surface area contributed by atoms with E-state index in [4.69, 9.17) is 8.94 Å². The molecule has 8 nitrogen and oxygen atoms in total. The zero-order valence-electron chi connectivity index (χ0n) is 14.0. The summed E-state index contributed by atoms with van der Waals surface area (Å²) in [5.41, 5.74) is 0.779. The number of aryl methyl sites for hydroxylation is 1. The summed E-state index contributed by atoms with van der Waals surface area (Å²) >= 11 is 3.20. The maximum atomic E-state index is 12.2. The van der Waals surface area contributed by atoms with E-state index in [2.05, 4.69) is 41.3 Å². The normalized spacial score (nSPS) is 16.8.